The summed E-state index contributed by atoms with van der Waals surface area (Å²) in [6.07, 6.45) is 6.87. The molecule has 7 atom stereocenters. The van der Waals surface area contributed by atoms with E-state index >= 15 is 0 Å². The van der Waals surface area contributed by atoms with Gasteiger partial charge in [-0.15, -0.1) is 0 Å². The highest BCUT2D eigenvalue weighted by Crippen LogP contribution is 2.83. The number of amides is 1. The van der Waals surface area contributed by atoms with Crippen molar-refractivity contribution in [1.29, 1.82) is 0 Å². The van der Waals surface area contributed by atoms with E-state index in [1.54, 1.807) is 6.20 Å². The van der Waals surface area contributed by atoms with Gasteiger partial charge in [-0.3, -0.25) is 9.78 Å². The van der Waals surface area contributed by atoms with E-state index in [2.05, 4.69) is 9.88 Å². The molecule has 2 N–H and O–H groups in total. The maximum Gasteiger partial charge on any atom is 0.267 e. The molecule has 4 unspecified atom stereocenters. The van der Waals surface area contributed by atoms with Gasteiger partial charge in [0.25, 0.3) is 5.91 Å². The SMILES string of the molecule is COC1(c2ccnc(C(N)=O)c2)C2CCCC1CN(C[C@@H]1C[C@@H]3C4C1[C@@H]43)C2. The molecule has 4 bridgehead atoms. The number of aromatic nitrogens is 1. The molecule has 1 aromatic rings. The Morgan fingerprint density at radius 3 is 2.63 bits per heavy atom. The summed E-state index contributed by atoms with van der Waals surface area (Å²) in [6, 6.07) is 3.91. The Kier molecular flexibility index (Phi) is 3.38. The molecule has 0 spiro atoms. The van der Waals surface area contributed by atoms with Gasteiger partial charge in [-0.1, -0.05) is 6.42 Å². The lowest BCUT2D eigenvalue weighted by molar-refractivity contribution is -0.170. The summed E-state index contributed by atoms with van der Waals surface area (Å²) in [4.78, 5) is 18.6. The molecule has 2 heterocycles. The van der Waals surface area contributed by atoms with Gasteiger partial charge >= 0.3 is 0 Å². The van der Waals surface area contributed by atoms with Crippen molar-refractivity contribution in [2.45, 2.75) is 31.3 Å². The number of hydrogen-bond donors (Lipinski definition) is 1. The molecule has 7 rings (SSSR count). The first kappa shape index (κ1) is 16.5. The van der Waals surface area contributed by atoms with Crippen molar-refractivity contribution in [3.63, 3.8) is 0 Å². The monoisotopic (exact) mass is 367 g/mol. The number of carbonyl (C=O) groups is 1. The predicted molar refractivity (Wildman–Crippen MR) is 101 cm³/mol. The van der Waals surface area contributed by atoms with Crippen molar-refractivity contribution in [2.24, 2.45) is 47.2 Å². The standard InChI is InChI=1S/C22H29N3O2/c1-27-22(13-5-6-24-17(8-13)21(23)26)14-3-2-4-15(22)11-25(10-14)9-12-7-16-19-18(12)20(16)19/h5-6,8,12,14-16,18-20H,2-4,7,9-11H2,1H3,(H2,23,26)/t12-,14?,15?,16-,18?,19-,20?,22?/m0/s1. The lowest BCUT2D eigenvalue weighted by Gasteiger charge is -2.55. The Hall–Kier alpha value is -1.46. The van der Waals surface area contributed by atoms with Crippen molar-refractivity contribution < 1.29 is 9.53 Å². The third kappa shape index (κ3) is 2.18. The number of hydrogen-bond acceptors (Lipinski definition) is 4. The first-order chi connectivity index (χ1) is 13.1. The number of nitrogens with zero attached hydrogens (tertiary/aromatic N) is 2. The molecular formula is C22H29N3O2. The molecule has 5 heteroatoms. The summed E-state index contributed by atoms with van der Waals surface area (Å²) in [5.41, 5.74) is 6.63. The van der Waals surface area contributed by atoms with Gasteiger partial charge in [0.15, 0.2) is 0 Å². The number of pyridine rings is 1. The highest BCUT2D eigenvalue weighted by atomic mass is 16.5. The number of ether oxygens (including phenoxy) is 1. The Balaban J connectivity index is 1.28. The van der Waals surface area contributed by atoms with Crippen molar-refractivity contribution in [3.05, 3.63) is 29.6 Å². The molecule has 1 amide bonds. The molecular weight excluding hydrogens is 338 g/mol. The maximum absolute atomic E-state index is 11.7. The van der Waals surface area contributed by atoms with Crippen LogP contribution in [0, 0.1) is 41.4 Å². The minimum atomic E-state index is -0.464. The van der Waals surface area contributed by atoms with Crippen LogP contribution in [-0.4, -0.2) is 42.5 Å². The minimum Gasteiger partial charge on any atom is -0.373 e. The van der Waals surface area contributed by atoms with Crippen molar-refractivity contribution in [1.82, 2.24) is 9.88 Å². The van der Waals surface area contributed by atoms with Gasteiger partial charge in [-0.25, -0.2) is 0 Å². The molecule has 0 aromatic carbocycles. The molecule has 0 radical (unpaired) electrons. The number of rotatable bonds is 5. The number of carbonyl (C=O) groups excluding carboxylic acids is 1. The molecule has 144 valence electrons. The largest absolute Gasteiger partial charge is 0.373 e. The van der Waals surface area contributed by atoms with E-state index in [0.717, 1.165) is 48.2 Å². The summed E-state index contributed by atoms with van der Waals surface area (Å²) in [7, 11) is 1.85. The molecule has 6 aliphatic rings. The number of piperidine rings is 1. The first-order valence-corrected chi connectivity index (χ1v) is 10.7. The second kappa shape index (κ2) is 5.54. The second-order valence-electron chi connectivity index (χ2n) is 9.73. The van der Waals surface area contributed by atoms with E-state index < -0.39 is 5.91 Å². The summed E-state index contributed by atoms with van der Waals surface area (Å²) in [5.74, 6) is 5.93. The summed E-state index contributed by atoms with van der Waals surface area (Å²) < 4.78 is 6.31. The number of nitrogens with two attached hydrogens (primary N) is 1. The summed E-state index contributed by atoms with van der Waals surface area (Å²) in [6.45, 7) is 3.52. The topological polar surface area (TPSA) is 68.5 Å². The zero-order chi connectivity index (χ0) is 18.3. The molecule has 5 saturated carbocycles. The second-order valence-corrected chi connectivity index (χ2v) is 9.73. The van der Waals surface area contributed by atoms with Crippen LogP contribution >= 0.6 is 0 Å². The zero-order valence-electron chi connectivity index (χ0n) is 16.0. The van der Waals surface area contributed by atoms with Crippen LogP contribution in [0.3, 0.4) is 0 Å². The van der Waals surface area contributed by atoms with Gasteiger partial charge in [0.05, 0.1) is 0 Å². The fraction of sp³-hybridized carbons (Fsp3) is 0.727. The summed E-state index contributed by atoms with van der Waals surface area (Å²) >= 11 is 0. The summed E-state index contributed by atoms with van der Waals surface area (Å²) in [5, 5.41) is 0. The van der Waals surface area contributed by atoms with E-state index in [1.165, 1.54) is 32.2 Å². The number of likely N-dealkylation sites (tertiary alicyclic amines) is 1. The van der Waals surface area contributed by atoms with Crippen molar-refractivity contribution in [3.8, 4) is 0 Å². The molecule has 1 aromatic heterocycles. The lowest BCUT2D eigenvalue weighted by Crippen LogP contribution is -2.59. The normalized spacial score (nSPS) is 46.8. The van der Waals surface area contributed by atoms with Crippen LogP contribution in [0.2, 0.25) is 0 Å². The van der Waals surface area contributed by atoms with E-state index in [4.69, 9.17) is 10.5 Å². The Bertz CT molecular complexity index is 765. The van der Waals surface area contributed by atoms with Crippen LogP contribution in [0.25, 0.3) is 0 Å². The average molecular weight is 367 g/mol. The predicted octanol–water partition coefficient (Wildman–Crippen LogP) is 2.27. The number of fused-ring (bicyclic) bond motifs is 3. The third-order valence-corrected chi connectivity index (χ3v) is 8.73. The molecule has 1 aliphatic heterocycles. The van der Waals surface area contributed by atoms with Crippen LogP contribution in [0.4, 0.5) is 0 Å². The first-order valence-electron chi connectivity index (χ1n) is 10.7. The average Bonchev–Trinajstić information content (AvgIpc) is 3.49. The van der Waals surface area contributed by atoms with Crippen LogP contribution < -0.4 is 5.73 Å². The Labute approximate surface area is 160 Å². The van der Waals surface area contributed by atoms with E-state index in [1.807, 2.05) is 19.2 Å². The quantitative estimate of drug-likeness (QED) is 0.867. The zero-order valence-corrected chi connectivity index (χ0v) is 16.0. The van der Waals surface area contributed by atoms with E-state index in [0.29, 0.717) is 17.5 Å². The highest BCUT2D eigenvalue weighted by Gasteiger charge is 2.79. The highest BCUT2D eigenvalue weighted by molar-refractivity contribution is 5.90. The Morgan fingerprint density at radius 2 is 2.04 bits per heavy atom. The van der Waals surface area contributed by atoms with Gasteiger partial charge in [0, 0.05) is 44.8 Å². The van der Waals surface area contributed by atoms with Crippen LogP contribution in [0.5, 0.6) is 0 Å². The Morgan fingerprint density at radius 1 is 1.30 bits per heavy atom. The third-order valence-electron chi connectivity index (χ3n) is 8.73. The fourth-order valence-corrected chi connectivity index (χ4v) is 7.62. The van der Waals surface area contributed by atoms with Gasteiger partial charge in [-0.05, 0) is 66.5 Å². The molecule has 6 fully saturated rings. The van der Waals surface area contributed by atoms with E-state index in [-0.39, 0.29) is 5.60 Å². The molecule has 5 nitrogen and oxygen atoms in total. The number of primary amides is 1. The van der Waals surface area contributed by atoms with Gasteiger partial charge in [0.2, 0.25) is 0 Å². The fourth-order valence-electron chi connectivity index (χ4n) is 7.62. The van der Waals surface area contributed by atoms with Gasteiger partial charge < -0.3 is 15.4 Å². The molecule has 5 aliphatic carbocycles. The van der Waals surface area contributed by atoms with Crippen LogP contribution in [0.1, 0.15) is 41.7 Å². The van der Waals surface area contributed by atoms with Crippen LogP contribution in [0.15, 0.2) is 18.3 Å². The molecule has 27 heavy (non-hydrogen) atoms. The van der Waals surface area contributed by atoms with Crippen molar-refractivity contribution in [2.75, 3.05) is 26.7 Å². The number of methoxy groups -OCH3 is 1. The smallest absolute Gasteiger partial charge is 0.267 e. The lowest BCUT2D eigenvalue weighted by atomic mass is 9.62. The van der Waals surface area contributed by atoms with Crippen molar-refractivity contribution >= 4 is 5.91 Å². The van der Waals surface area contributed by atoms with Crippen LogP contribution in [-0.2, 0) is 10.3 Å². The molecule has 1 saturated heterocycles. The van der Waals surface area contributed by atoms with Gasteiger partial charge in [-0.2, -0.15) is 0 Å². The van der Waals surface area contributed by atoms with E-state index in [9.17, 15) is 4.79 Å². The van der Waals surface area contributed by atoms with Gasteiger partial charge in [0.1, 0.15) is 11.3 Å². The minimum absolute atomic E-state index is 0.301. The maximum atomic E-state index is 11.7.